The number of para-hydroxylation sites is 1. The summed E-state index contributed by atoms with van der Waals surface area (Å²) in [7, 11) is 0. The zero-order valence-electron chi connectivity index (χ0n) is 10.1. The van der Waals surface area contributed by atoms with Gasteiger partial charge in [-0.05, 0) is 23.8 Å². The van der Waals surface area contributed by atoms with Gasteiger partial charge in [0.15, 0.2) is 0 Å². The van der Waals surface area contributed by atoms with Crippen molar-refractivity contribution in [2.24, 2.45) is 0 Å². The van der Waals surface area contributed by atoms with Crippen LogP contribution in [0.4, 0.5) is 17.3 Å². The van der Waals surface area contributed by atoms with Gasteiger partial charge in [0.25, 0.3) is 0 Å². The molecule has 0 aliphatic heterocycles. The summed E-state index contributed by atoms with van der Waals surface area (Å²) < 4.78 is 56.7. The lowest BCUT2D eigenvalue weighted by atomic mass is 9.79. The summed E-state index contributed by atoms with van der Waals surface area (Å²) in [6.45, 7) is -5.32. The van der Waals surface area contributed by atoms with Crippen LogP contribution in [0, 0.1) is 5.82 Å². The first-order valence-electron chi connectivity index (χ1n) is 5.73. The van der Waals surface area contributed by atoms with E-state index in [9.17, 15) is 17.3 Å². The highest BCUT2D eigenvalue weighted by Gasteiger charge is 2.28. The molecule has 7 heteroatoms. The summed E-state index contributed by atoms with van der Waals surface area (Å²) in [5, 5.41) is -0.0484. The van der Waals surface area contributed by atoms with Crippen LogP contribution in [0.25, 0.3) is 0 Å². The van der Waals surface area contributed by atoms with E-state index in [-0.39, 0.29) is 17.4 Å². The second-order valence-electron chi connectivity index (χ2n) is 4.15. The molecule has 0 saturated carbocycles. The molecule has 0 N–H and O–H groups in total. The van der Waals surface area contributed by atoms with Gasteiger partial charge in [-0.15, -0.1) is 0 Å². The summed E-state index contributed by atoms with van der Waals surface area (Å²) in [6.07, 6.45) is 0. The second-order valence-corrected chi connectivity index (χ2v) is 4.56. The average molecular weight is 303 g/mol. The van der Waals surface area contributed by atoms with E-state index in [1.54, 1.807) is 0 Å². The molecule has 0 bridgehead atoms. The molecular formula is C13H9BClF4O-. The molecule has 20 heavy (non-hydrogen) atoms. The van der Waals surface area contributed by atoms with Gasteiger partial charge in [0, 0.05) is 0 Å². The highest BCUT2D eigenvalue weighted by molar-refractivity contribution is 6.74. The molecule has 0 atom stereocenters. The molecule has 0 saturated heterocycles. The summed E-state index contributed by atoms with van der Waals surface area (Å²) in [5.74, 6) is -0.906. The van der Waals surface area contributed by atoms with E-state index >= 15 is 0 Å². The smallest absolute Gasteiger partial charge is 0.492 e. The van der Waals surface area contributed by atoms with E-state index in [0.29, 0.717) is 5.56 Å². The molecule has 0 aliphatic carbocycles. The Kier molecular flexibility index (Phi) is 4.23. The lowest BCUT2D eigenvalue weighted by Crippen LogP contribution is -2.35. The molecule has 106 valence electrons. The van der Waals surface area contributed by atoms with Crippen LogP contribution in [-0.2, 0) is 6.61 Å². The highest BCUT2D eigenvalue weighted by atomic mass is 35.5. The summed E-state index contributed by atoms with van der Waals surface area (Å²) >= 11 is 5.52. The van der Waals surface area contributed by atoms with E-state index in [2.05, 4.69) is 0 Å². The van der Waals surface area contributed by atoms with Gasteiger partial charge in [-0.2, -0.15) is 0 Å². The molecule has 0 unspecified atom stereocenters. The van der Waals surface area contributed by atoms with Crippen molar-refractivity contribution in [2.45, 2.75) is 6.61 Å². The van der Waals surface area contributed by atoms with E-state index < -0.39 is 18.3 Å². The maximum atomic E-state index is 13.2. The number of rotatable bonds is 4. The van der Waals surface area contributed by atoms with Gasteiger partial charge in [0.1, 0.15) is 12.4 Å². The van der Waals surface area contributed by atoms with Crippen molar-refractivity contribution < 1.29 is 22.1 Å². The monoisotopic (exact) mass is 303 g/mol. The molecule has 0 amide bonds. The number of hydrogen-bond donors (Lipinski definition) is 0. The Morgan fingerprint density at radius 2 is 1.75 bits per heavy atom. The Hall–Kier alpha value is -1.69. The molecule has 0 aromatic heterocycles. The Balaban J connectivity index is 2.17. The first-order chi connectivity index (χ1) is 9.38. The fourth-order valence-electron chi connectivity index (χ4n) is 1.67. The Labute approximate surface area is 118 Å². The lowest BCUT2D eigenvalue weighted by molar-refractivity contribution is 0.306. The van der Waals surface area contributed by atoms with Crippen LogP contribution in [0.1, 0.15) is 5.56 Å². The lowest BCUT2D eigenvalue weighted by Gasteiger charge is -2.19. The predicted octanol–water partition coefficient (Wildman–Crippen LogP) is 4.11. The zero-order valence-corrected chi connectivity index (χ0v) is 10.9. The van der Waals surface area contributed by atoms with Crippen LogP contribution in [-0.4, -0.2) is 6.98 Å². The first-order valence-corrected chi connectivity index (χ1v) is 6.11. The number of benzene rings is 2. The normalized spacial score (nSPS) is 11.4. The fourth-order valence-corrected chi connectivity index (χ4v) is 1.79. The Bertz CT molecular complexity index is 616. The van der Waals surface area contributed by atoms with Crippen LogP contribution in [0.2, 0.25) is 5.02 Å². The molecule has 0 spiro atoms. The third kappa shape index (κ3) is 3.45. The van der Waals surface area contributed by atoms with E-state index in [1.165, 1.54) is 30.3 Å². The van der Waals surface area contributed by atoms with Crippen LogP contribution < -0.4 is 10.2 Å². The topological polar surface area (TPSA) is 9.23 Å². The molecule has 1 nitrogen and oxygen atoms in total. The largest absolute Gasteiger partial charge is 0.513 e. The fraction of sp³-hybridized carbons (Fsp3) is 0.0769. The van der Waals surface area contributed by atoms with Crippen molar-refractivity contribution >= 4 is 24.0 Å². The standard InChI is InChI=1S/C13H9BClF4O/c15-11-6-5-9(7-12(11)16)8-20-13-4-2-1-3-10(13)14(17,18)19/h1-7H,8H2/q-1. The minimum Gasteiger partial charge on any atom is -0.492 e. The van der Waals surface area contributed by atoms with Crippen molar-refractivity contribution in [1.29, 1.82) is 0 Å². The Morgan fingerprint density at radius 3 is 2.40 bits per heavy atom. The molecule has 0 radical (unpaired) electrons. The SMILES string of the molecule is Fc1cc(COc2ccccc2[B-](F)(F)F)ccc1Cl. The third-order valence-electron chi connectivity index (χ3n) is 2.65. The van der Waals surface area contributed by atoms with Crippen molar-refractivity contribution in [3.63, 3.8) is 0 Å². The number of ether oxygens (including phenoxy) is 1. The van der Waals surface area contributed by atoms with Crippen LogP contribution >= 0.6 is 11.6 Å². The van der Waals surface area contributed by atoms with Crippen molar-refractivity contribution in [3.05, 3.63) is 58.9 Å². The predicted molar refractivity (Wildman–Crippen MR) is 70.9 cm³/mol. The minimum absolute atomic E-state index is 0.0484. The van der Waals surface area contributed by atoms with Crippen LogP contribution in [0.15, 0.2) is 42.5 Å². The molecule has 0 fully saturated rings. The minimum atomic E-state index is -5.15. The van der Waals surface area contributed by atoms with Gasteiger partial charge in [0.2, 0.25) is 0 Å². The van der Waals surface area contributed by atoms with E-state index in [4.69, 9.17) is 16.3 Å². The summed E-state index contributed by atoms with van der Waals surface area (Å²) in [5.41, 5.74) is -0.404. The van der Waals surface area contributed by atoms with Crippen LogP contribution in [0.3, 0.4) is 0 Å². The first kappa shape index (κ1) is 14.7. The van der Waals surface area contributed by atoms with Gasteiger partial charge in [-0.25, -0.2) is 4.39 Å². The molecule has 0 aliphatic rings. The summed E-state index contributed by atoms with van der Waals surface area (Å²) in [6, 6.07) is 8.88. The quantitative estimate of drug-likeness (QED) is 0.610. The molecule has 2 aromatic rings. The average Bonchev–Trinajstić information content (AvgIpc) is 2.39. The van der Waals surface area contributed by atoms with Gasteiger partial charge in [0.05, 0.1) is 10.8 Å². The van der Waals surface area contributed by atoms with Gasteiger partial charge in [-0.1, -0.05) is 41.3 Å². The summed E-state index contributed by atoms with van der Waals surface area (Å²) in [4.78, 5) is 0. The number of halogens is 5. The number of hydrogen-bond acceptors (Lipinski definition) is 1. The van der Waals surface area contributed by atoms with Crippen molar-refractivity contribution in [2.75, 3.05) is 0 Å². The molecule has 0 heterocycles. The van der Waals surface area contributed by atoms with E-state index in [0.717, 1.165) is 12.1 Å². The third-order valence-corrected chi connectivity index (χ3v) is 2.96. The Morgan fingerprint density at radius 1 is 1.05 bits per heavy atom. The van der Waals surface area contributed by atoms with Gasteiger partial charge >= 0.3 is 6.98 Å². The van der Waals surface area contributed by atoms with Crippen molar-refractivity contribution in [1.82, 2.24) is 0 Å². The maximum Gasteiger partial charge on any atom is 0.513 e. The molecular weight excluding hydrogens is 294 g/mol. The van der Waals surface area contributed by atoms with Gasteiger partial charge in [-0.3, -0.25) is 0 Å². The second kappa shape index (κ2) is 5.75. The molecule has 2 rings (SSSR count). The van der Waals surface area contributed by atoms with Gasteiger partial charge < -0.3 is 17.7 Å². The molecule has 2 aromatic carbocycles. The maximum absolute atomic E-state index is 13.2. The zero-order chi connectivity index (χ0) is 14.8. The van der Waals surface area contributed by atoms with Crippen molar-refractivity contribution in [3.8, 4) is 5.75 Å². The van der Waals surface area contributed by atoms with Crippen LogP contribution in [0.5, 0.6) is 5.75 Å². The highest BCUT2D eigenvalue weighted by Crippen LogP contribution is 2.20. The van der Waals surface area contributed by atoms with E-state index in [1.807, 2.05) is 0 Å².